The molecule has 0 saturated carbocycles. The van der Waals surface area contributed by atoms with Crippen molar-refractivity contribution >= 4 is 39.2 Å². The number of carbonyl (C=O) groups excluding carboxylic acids is 1. The van der Waals surface area contributed by atoms with Crippen LogP contribution in [0, 0.1) is 0 Å². The van der Waals surface area contributed by atoms with Gasteiger partial charge in [0.05, 0.1) is 22.8 Å². The largest absolute Gasteiger partial charge is 0.354 e. The molecule has 4 nitrogen and oxygen atoms in total. The van der Waals surface area contributed by atoms with Crippen molar-refractivity contribution in [3.63, 3.8) is 0 Å². The second-order valence-corrected chi connectivity index (χ2v) is 8.67. The van der Waals surface area contributed by atoms with Crippen molar-refractivity contribution in [1.82, 2.24) is 15.2 Å². The van der Waals surface area contributed by atoms with E-state index in [1.165, 1.54) is 10.3 Å². The highest BCUT2D eigenvalue weighted by molar-refractivity contribution is 7.98. The SMILES string of the molecule is C[C@@H](c1nc2ccccc2s1)N(C)CC(=O)NCCSCc1ccccc1. The highest BCUT2D eigenvalue weighted by Crippen LogP contribution is 2.28. The zero-order chi connectivity index (χ0) is 19.1. The van der Waals surface area contributed by atoms with Crippen molar-refractivity contribution in [2.45, 2.75) is 18.7 Å². The van der Waals surface area contributed by atoms with E-state index in [2.05, 4.69) is 42.6 Å². The maximum atomic E-state index is 12.2. The molecule has 0 aliphatic rings. The Morgan fingerprint density at radius 2 is 1.93 bits per heavy atom. The molecule has 3 aromatic rings. The summed E-state index contributed by atoms with van der Waals surface area (Å²) in [5, 5.41) is 4.06. The monoisotopic (exact) mass is 399 g/mol. The van der Waals surface area contributed by atoms with Gasteiger partial charge in [-0.05, 0) is 31.7 Å². The minimum atomic E-state index is 0.0609. The molecule has 142 valence electrons. The van der Waals surface area contributed by atoms with Gasteiger partial charge in [0.1, 0.15) is 5.01 Å². The predicted molar refractivity (Wildman–Crippen MR) is 116 cm³/mol. The van der Waals surface area contributed by atoms with Crippen LogP contribution in [-0.2, 0) is 10.5 Å². The van der Waals surface area contributed by atoms with Crippen LogP contribution < -0.4 is 5.32 Å². The molecule has 0 bridgehead atoms. The number of nitrogens with one attached hydrogen (secondary N) is 1. The van der Waals surface area contributed by atoms with Gasteiger partial charge in [0, 0.05) is 18.1 Å². The van der Waals surface area contributed by atoms with Crippen LogP contribution in [0.15, 0.2) is 54.6 Å². The zero-order valence-electron chi connectivity index (χ0n) is 15.7. The Balaban J connectivity index is 1.39. The van der Waals surface area contributed by atoms with Gasteiger partial charge in [-0.2, -0.15) is 11.8 Å². The van der Waals surface area contributed by atoms with Crippen LogP contribution >= 0.6 is 23.1 Å². The summed E-state index contributed by atoms with van der Waals surface area (Å²) in [5.41, 5.74) is 2.34. The van der Waals surface area contributed by atoms with Gasteiger partial charge in [-0.25, -0.2) is 4.98 Å². The minimum Gasteiger partial charge on any atom is -0.354 e. The number of para-hydroxylation sites is 1. The number of aromatic nitrogens is 1. The fourth-order valence-electron chi connectivity index (χ4n) is 2.70. The Morgan fingerprint density at radius 1 is 1.19 bits per heavy atom. The molecule has 27 heavy (non-hydrogen) atoms. The molecular weight excluding hydrogens is 374 g/mol. The summed E-state index contributed by atoms with van der Waals surface area (Å²) in [6.07, 6.45) is 0. The maximum absolute atomic E-state index is 12.2. The average Bonchev–Trinajstić information content (AvgIpc) is 3.12. The van der Waals surface area contributed by atoms with E-state index < -0.39 is 0 Å². The second kappa shape index (κ2) is 9.88. The van der Waals surface area contributed by atoms with Crippen LogP contribution in [0.3, 0.4) is 0 Å². The lowest BCUT2D eigenvalue weighted by molar-refractivity contribution is -0.122. The van der Waals surface area contributed by atoms with Crippen LogP contribution in [0.4, 0.5) is 0 Å². The molecule has 1 amide bonds. The number of thiazole rings is 1. The van der Waals surface area contributed by atoms with Gasteiger partial charge in [-0.3, -0.25) is 9.69 Å². The molecule has 1 N–H and O–H groups in total. The summed E-state index contributed by atoms with van der Waals surface area (Å²) >= 11 is 3.53. The van der Waals surface area contributed by atoms with E-state index in [4.69, 9.17) is 4.98 Å². The lowest BCUT2D eigenvalue weighted by atomic mass is 10.2. The standard InChI is InChI=1S/C21H25N3OS2/c1-16(21-23-18-10-6-7-11-19(18)27-21)24(2)14-20(25)22-12-13-26-15-17-8-4-3-5-9-17/h3-11,16H,12-15H2,1-2H3,(H,22,25)/t16-/m0/s1. The average molecular weight is 400 g/mol. The summed E-state index contributed by atoms with van der Waals surface area (Å²) in [5.74, 6) is 1.95. The number of rotatable bonds is 9. The quantitative estimate of drug-likeness (QED) is 0.544. The number of amides is 1. The van der Waals surface area contributed by atoms with E-state index >= 15 is 0 Å². The van der Waals surface area contributed by atoms with Crippen LogP contribution in [-0.4, -0.2) is 41.7 Å². The second-order valence-electron chi connectivity index (χ2n) is 6.50. The first-order valence-corrected chi connectivity index (χ1v) is 11.0. The fourth-order valence-corrected chi connectivity index (χ4v) is 4.61. The number of likely N-dealkylation sites (N-methyl/N-ethyl adjacent to an activating group) is 1. The number of hydrogen-bond donors (Lipinski definition) is 1. The molecule has 0 aliphatic heterocycles. The van der Waals surface area contributed by atoms with Crippen molar-refractivity contribution in [2.75, 3.05) is 25.9 Å². The Hall–Kier alpha value is -1.89. The van der Waals surface area contributed by atoms with E-state index in [-0.39, 0.29) is 11.9 Å². The maximum Gasteiger partial charge on any atom is 0.234 e. The third kappa shape index (κ3) is 5.79. The number of fused-ring (bicyclic) bond motifs is 1. The molecule has 1 atom stereocenters. The van der Waals surface area contributed by atoms with Crippen molar-refractivity contribution in [1.29, 1.82) is 0 Å². The highest BCUT2D eigenvalue weighted by Gasteiger charge is 2.18. The Labute approximate surface area is 169 Å². The normalized spacial score (nSPS) is 12.4. The van der Waals surface area contributed by atoms with Crippen LogP contribution in [0.25, 0.3) is 10.2 Å². The molecule has 6 heteroatoms. The van der Waals surface area contributed by atoms with Crippen LogP contribution in [0.5, 0.6) is 0 Å². The first-order chi connectivity index (χ1) is 13.1. The van der Waals surface area contributed by atoms with Gasteiger partial charge in [-0.15, -0.1) is 11.3 Å². The summed E-state index contributed by atoms with van der Waals surface area (Å²) < 4.78 is 1.19. The summed E-state index contributed by atoms with van der Waals surface area (Å²) in [4.78, 5) is 19.0. The molecule has 0 saturated heterocycles. The van der Waals surface area contributed by atoms with Crippen molar-refractivity contribution in [3.8, 4) is 0 Å². The smallest absolute Gasteiger partial charge is 0.234 e. The molecular formula is C21H25N3OS2. The predicted octanol–water partition coefficient (Wildman–Crippen LogP) is 4.34. The van der Waals surface area contributed by atoms with Crippen molar-refractivity contribution in [2.24, 2.45) is 0 Å². The van der Waals surface area contributed by atoms with Gasteiger partial charge in [-0.1, -0.05) is 42.5 Å². The number of carbonyl (C=O) groups is 1. The van der Waals surface area contributed by atoms with Gasteiger partial charge in [0.15, 0.2) is 0 Å². The lowest BCUT2D eigenvalue weighted by Gasteiger charge is -2.22. The van der Waals surface area contributed by atoms with Gasteiger partial charge >= 0.3 is 0 Å². The van der Waals surface area contributed by atoms with E-state index in [1.54, 1.807) is 11.3 Å². The molecule has 1 heterocycles. The topological polar surface area (TPSA) is 45.2 Å². The number of hydrogen-bond acceptors (Lipinski definition) is 5. The van der Waals surface area contributed by atoms with Crippen LogP contribution in [0.1, 0.15) is 23.5 Å². The van der Waals surface area contributed by atoms with Crippen molar-refractivity contribution < 1.29 is 4.79 Å². The first kappa shape index (κ1) is 19.9. The molecule has 1 aromatic heterocycles. The highest BCUT2D eigenvalue weighted by atomic mass is 32.2. The van der Waals surface area contributed by atoms with Gasteiger partial charge in [0.25, 0.3) is 0 Å². The van der Waals surface area contributed by atoms with Crippen molar-refractivity contribution in [3.05, 3.63) is 65.2 Å². The van der Waals surface area contributed by atoms with E-state index in [9.17, 15) is 4.79 Å². The summed E-state index contributed by atoms with van der Waals surface area (Å²) in [7, 11) is 1.97. The third-order valence-corrected chi connectivity index (χ3v) is 6.64. The Bertz CT molecular complexity index is 833. The minimum absolute atomic E-state index is 0.0609. The Kier molecular flexibility index (Phi) is 7.26. The third-order valence-electron chi connectivity index (χ3n) is 4.40. The van der Waals surface area contributed by atoms with E-state index in [0.29, 0.717) is 13.1 Å². The molecule has 0 radical (unpaired) electrons. The van der Waals surface area contributed by atoms with E-state index in [1.807, 2.05) is 48.0 Å². The van der Waals surface area contributed by atoms with Crippen LogP contribution in [0.2, 0.25) is 0 Å². The summed E-state index contributed by atoms with van der Waals surface area (Å²) in [6, 6.07) is 18.7. The lowest BCUT2D eigenvalue weighted by Crippen LogP contribution is -2.37. The molecule has 2 aromatic carbocycles. The molecule has 3 rings (SSSR count). The van der Waals surface area contributed by atoms with E-state index in [0.717, 1.165) is 22.0 Å². The molecule has 0 unspecified atom stereocenters. The zero-order valence-corrected chi connectivity index (χ0v) is 17.4. The van der Waals surface area contributed by atoms with Gasteiger partial charge < -0.3 is 5.32 Å². The molecule has 0 fully saturated rings. The number of nitrogens with zero attached hydrogens (tertiary/aromatic N) is 2. The Morgan fingerprint density at radius 3 is 2.70 bits per heavy atom. The summed E-state index contributed by atoms with van der Waals surface area (Å²) in [6.45, 7) is 3.17. The number of benzene rings is 2. The van der Waals surface area contributed by atoms with Gasteiger partial charge in [0.2, 0.25) is 5.91 Å². The first-order valence-electron chi connectivity index (χ1n) is 9.07. The number of thioether (sulfide) groups is 1. The fraction of sp³-hybridized carbons (Fsp3) is 0.333. The molecule has 0 spiro atoms. The molecule has 0 aliphatic carbocycles.